The summed E-state index contributed by atoms with van der Waals surface area (Å²) in [5.41, 5.74) is 0. The van der Waals surface area contributed by atoms with Gasteiger partial charge in [0.15, 0.2) is 12.4 Å². The van der Waals surface area contributed by atoms with Gasteiger partial charge in [-0.2, -0.15) is 0 Å². The quantitative estimate of drug-likeness (QED) is 0.255. The van der Waals surface area contributed by atoms with Crippen molar-refractivity contribution in [3.63, 3.8) is 0 Å². The van der Waals surface area contributed by atoms with Gasteiger partial charge >= 0.3 is 1.43 Å². The van der Waals surface area contributed by atoms with E-state index in [2.05, 4.69) is 42.1 Å². The van der Waals surface area contributed by atoms with E-state index in [9.17, 15) is 0 Å². The fourth-order valence-electron chi connectivity index (χ4n) is 3.07. The van der Waals surface area contributed by atoms with Crippen LogP contribution in [-0.4, -0.2) is 0 Å². The molecule has 0 spiro atoms. The van der Waals surface area contributed by atoms with Crippen molar-refractivity contribution in [2.45, 2.75) is 103 Å². The van der Waals surface area contributed by atoms with Crippen molar-refractivity contribution >= 4 is 0 Å². The molecule has 22 heavy (non-hydrogen) atoms. The summed E-state index contributed by atoms with van der Waals surface area (Å²) in [6, 6.07) is 6.31. The summed E-state index contributed by atoms with van der Waals surface area (Å²) in [5.74, 6) is 0. The first-order chi connectivity index (χ1) is 10.9. The maximum absolute atomic E-state index is 2.29. The zero-order valence-electron chi connectivity index (χ0n) is 15.9. The Morgan fingerprint density at radius 2 is 0.955 bits per heavy atom. The van der Waals surface area contributed by atoms with E-state index in [0.717, 1.165) is 0 Å². The molecular weight excluding hydrogens is 266 g/mol. The van der Waals surface area contributed by atoms with Gasteiger partial charge in [-0.05, 0) is 6.42 Å². The SMILES string of the molecule is CCCCCCCCCCCCCCCC[n+]1ccccc1.[H+]. The normalized spacial score (nSPS) is 11.0. The van der Waals surface area contributed by atoms with Gasteiger partial charge in [0, 0.05) is 18.6 Å². The maximum atomic E-state index is 2.29. The molecule has 126 valence electrons. The minimum absolute atomic E-state index is 0. The van der Waals surface area contributed by atoms with Gasteiger partial charge in [-0.3, -0.25) is 0 Å². The fraction of sp³-hybridized carbons (Fsp3) is 0.762. The molecule has 0 amide bonds. The van der Waals surface area contributed by atoms with Gasteiger partial charge in [-0.15, -0.1) is 0 Å². The van der Waals surface area contributed by atoms with E-state index < -0.39 is 0 Å². The van der Waals surface area contributed by atoms with Crippen molar-refractivity contribution < 1.29 is 5.99 Å². The van der Waals surface area contributed by atoms with Gasteiger partial charge in [-0.1, -0.05) is 90.0 Å². The molecule has 1 heterocycles. The minimum atomic E-state index is 0. The van der Waals surface area contributed by atoms with Gasteiger partial charge in [0.25, 0.3) is 0 Å². The maximum Gasteiger partial charge on any atom is 1.00 e. The number of hydrogen-bond acceptors (Lipinski definition) is 0. The third-order valence-electron chi connectivity index (χ3n) is 4.55. The summed E-state index contributed by atoms with van der Waals surface area (Å²) < 4.78 is 2.29. The lowest BCUT2D eigenvalue weighted by atomic mass is 10.0. The Morgan fingerprint density at radius 3 is 1.41 bits per heavy atom. The topological polar surface area (TPSA) is 3.88 Å². The number of rotatable bonds is 15. The highest BCUT2D eigenvalue weighted by atomic mass is 14.9. The van der Waals surface area contributed by atoms with Crippen molar-refractivity contribution in [1.82, 2.24) is 0 Å². The Kier molecular flexibility index (Phi) is 13.1. The molecule has 0 saturated carbocycles. The molecule has 0 radical (unpaired) electrons. The molecule has 0 N–H and O–H groups in total. The van der Waals surface area contributed by atoms with Crippen LogP contribution in [0.1, 0.15) is 98.2 Å². The average Bonchev–Trinajstić information content (AvgIpc) is 2.56. The summed E-state index contributed by atoms with van der Waals surface area (Å²) in [7, 11) is 0. The fourth-order valence-corrected chi connectivity index (χ4v) is 3.07. The lowest BCUT2D eigenvalue weighted by Crippen LogP contribution is -2.32. The van der Waals surface area contributed by atoms with Crippen LogP contribution >= 0.6 is 0 Å². The van der Waals surface area contributed by atoms with Gasteiger partial charge in [0.05, 0.1) is 0 Å². The standard InChI is InChI=1S/C21H38N/c1-2-3-4-5-6-7-8-9-10-11-12-13-14-16-19-22-20-17-15-18-21-22/h15,17-18,20-21H,2-14,16,19H2,1H3/q+1/p+1. The van der Waals surface area contributed by atoms with Crippen LogP contribution in [0.5, 0.6) is 0 Å². The number of hydrogen-bond donors (Lipinski definition) is 0. The van der Waals surface area contributed by atoms with Crippen LogP contribution in [0.4, 0.5) is 0 Å². The molecule has 0 saturated heterocycles. The van der Waals surface area contributed by atoms with Crippen molar-refractivity contribution in [2.24, 2.45) is 0 Å². The van der Waals surface area contributed by atoms with Crippen LogP contribution in [0.3, 0.4) is 0 Å². The molecule has 0 aliphatic heterocycles. The lowest BCUT2D eigenvalue weighted by molar-refractivity contribution is -0.697. The number of aryl methyl sites for hydroxylation is 1. The van der Waals surface area contributed by atoms with Crippen LogP contribution < -0.4 is 4.57 Å². The highest BCUT2D eigenvalue weighted by molar-refractivity contribution is 4.83. The molecule has 0 atom stereocenters. The molecule has 0 unspecified atom stereocenters. The minimum Gasteiger partial charge on any atom is -0.205 e. The molecule has 0 aliphatic carbocycles. The van der Waals surface area contributed by atoms with Crippen LogP contribution in [0, 0.1) is 0 Å². The van der Waals surface area contributed by atoms with E-state index in [1.54, 1.807) is 0 Å². The highest BCUT2D eigenvalue weighted by Crippen LogP contribution is 2.12. The van der Waals surface area contributed by atoms with Crippen molar-refractivity contribution in [3.8, 4) is 0 Å². The molecule has 1 aromatic heterocycles. The Labute approximate surface area is 140 Å². The van der Waals surface area contributed by atoms with Gasteiger partial charge in [0.2, 0.25) is 0 Å². The van der Waals surface area contributed by atoms with Crippen LogP contribution in [0.25, 0.3) is 0 Å². The number of unbranched alkanes of at least 4 members (excludes halogenated alkanes) is 13. The van der Waals surface area contributed by atoms with Crippen LogP contribution in [0.2, 0.25) is 0 Å². The smallest absolute Gasteiger partial charge is 0.205 e. The van der Waals surface area contributed by atoms with E-state index in [1.165, 1.54) is 96.4 Å². The molecule has 0 fully saturated rings. The van der Waals surface area contributed by atoms with Crippen LogP contribution in [0.15, 0.2) is 30.6 Å². The molecule has 1 heteroatoms. The second-order valence-electron chi connectivity index (χ2n) is 6.71. The first-order valence-electron chi connectivity index (χ1n) is 9.87. The Morgan fingerprint density at radius 1 is 0.545 bits per heavy atom. The first-order valence-corrected chi connectivity index (χ1v) is 9.87. The molecular formula is C21H39N+2. The molecule has 1 nitrogen and oxygen atoms in total. The molecule has 0 aliphatic rings. The average molecular weight is 306 g/mol. The summed E-state index contributed by atoms with van der Waals surface area (Å²) in [6.07, 6.45) is 24.4. The molecule has 0 aromatic carbocycles. The molecule has 1 aromatic rings. The highest BCUT2D eigenvalue weighted by Gasteiger charge is 1.98. The predicted octanol–water partition coefficient (Wildman–Crippen LogP) is 6.57. The van der Waals surface area contributed by atoms with Crippen LogP contribution in [-0.2, 0) is 6.54 Å². The van der Waals surface area contributed by atoms with E-state index >= 15 is 0 Å². The second-order valence-corrected chi connectivity index (χ2v) is 6.71. The zero-order chi connectivity index (χ0) is 15.7. The van der Waals surface area contributed by atoms with Gasteiger partial charge in [-0.25, -0.2) is 4.57 Å². The number of aromatic nitrogens is 1. The lowest BCUT2D eigenvalue weighted by Gasteiger charge is -2.02. The second kappa shape index (κ2) is 15.1. The predicted molar refractivity (Wildman–Crippen MR) is 98.1 cm³/mol. The van der Waals surface area contributed by atoms with E-state index in [0.29, 0.717) is 0 Å². The van der Waals surface area contributed by atoms with Crippen molar-refractivity contribution in [2.75, 3.05) is 0 Å². The van der Waals surface area contributed by atoms with Gasteiger partial charge < -0.3 is 0 Å². The summed E-state index contributed by atoms with van der Waals surface area (Å²) in [4.78, 5) is 0. The summed E-state index contributed by atoms with van der Waals surface area (Å²) in [5, 5.41) is 0. The number of nitrogens with zero attached hydrogens (tertiary/aromatic N) is 1. The zero-order valence-corrected chi connectivity index (χ0v) is 14.9. The Hall–Kier alpha value is -0.850. The van der Waals surface area contributed by atoms with E-state index in [4.69, 9.17) is 0 Å². The third-order valence-corrected chi connectivity index (χ3v) is 4.55. The number of pyridine rings is 1. The first kappa shape index (κ1) is 19.2. The summed E-state index contributed by atoms with van der Waals surface area (Å²) in [6.45, 7) is 3.47. The monoisotopic (exact) mass is 305 g/mol. The molecule has 0 bridgehead atoms. The van der Waals surface area contributed by atoms with E-state index in [1.807, 2.05) is 0 Å². The van der Waals surface area contributed by atoms with Crippen molar-refractivity contribution in [3.05, 3.63) is 30.6 Å². The largest absolute Gasteiger partial charge is 1.00 e. The van der Waals surface area contributed by atoms with E-state index in [-0.39, 0.29) is 1.43 Å². The summed E-state index contributed by atoms with van der Waals surface area (Å²) >= 11 is 0. The Bertz CT molecular complexity index is 326. The molecule has 1 rings (SSSR count). The third kappa shape index (κ3) is 11.8. The van der Waals surface area contributed by atoms with Crippen molar-refractivity contribution in [1.29, 1.82) is 0 Å². The van der Waals surface area contributed by atoms with Gasteiger partial charge in [0.1, 0.15) is 6.54 Å². The Balaban J connectivity index is 0.00000484.